The second kappa shape index (κ2) is 21.3. The van der Waals surface area contributed by atoms with E-state index in [0.717, 1.165) is 25.7 Å². The zero-order valence-corrected chi connectivity index (χ0v) is 23.4. The van der Waals surface area contributed by atoms with Gasteiger partial charge in [-0.3, -0.25) is 18.9 Å². The van der Waals surface area contributed by atoms with Gasteiger partial charge in [0.15, 0.2) is 5.25 Å². The third-order valence-corrected chi connectivity index (χ3v) is 5.13. The quantitative estimate of drug-likeness (QED) is 0.0764. The van der Waals surface area contributed by atoms with Crippen LogP contribution >= 0.6 is 0 Å². The van der Waals surface area contributed by atoms with Crippen LogP contribution in [0.4, 0.5) is 0 Å². The van der Waals surface area contributed by atoms with E-state index in [0.29, 0.717) is 6.42 Å². The summed E-state index contributed by atoms with van der Waals surface area (Å²) in [6.07, 6.45) is 8.39. The van der Waals surface area contributed by atoms with E-state index in [1.54, 1.807) is 0 Å². The summed E-state index contributed by atoms with van der Waals surface area (Å²) < 4.78 is 40.8. The molecule has 0 spiro atoms. The van der Waals surface area contributed by atoms with Gasteiger partial charge in [0.1, 0.15) is 6.61 Å². The average Bonchev–Trinajstić information content (AvgIpc) is 2.61. The minimum atomic E-state index is -4.93. The fraction of sp³-hybridized carbons (Fsp3) is 0.833. The van der Waals surface area contributed by atoms with Gasteiger partial charge in [-0.2, -0.15) is 8.42 Å². The van der Waals surface area contributed by atoms with Crippen molar-refractivity contribution in [3.8, 4) is 0 Å². The largest absolute Gasteiger partial charge is 1.00 e. The topological polar surface area (TPSA) is 150 Å². The summed E-state index contributed by atoms with van der Waals surface area (Å²) in [4.78, 5) is 35.0. The molecule has 9 nitrogen and oxygen atoms in total. The molecule has 0 aliphatic rings. The summed E-state index contributed by atoms with van der Waals surface area (Å²) in [6, 6.07) is 0. The molecule has 0 bridgehead atoms. The number of hydrogen-bond acceptors (Lipinski definition) is 8. The SMILES string of the molecule is CCCCCCCCCCCC(=O)OC(=O)C(CC(=O)OCCN)S(=O)(=O)O.[H-].[H-].[Na+].[Na+]. The molecule has 0 fully saturated rings. The van der Waals surface area contributed by atoms with Crippen LogP contribution in [0.2, 0.25) is 0 Å². The number of hydrogen-bond donors (Lipinski definition) is 2. The molecule has 30 heavy (non-hydrogen) atoms. The Morgan fingerprint density at radius 2 is 1.43 bits per heavy atom. The van der Waals surface area contributed by atoms with Crippen molar-refractivity contribution >= 4 is 28.0 Å². The second-order valence-electron chi connectivity index (χ2n) is 6.59. The van der Waals surface area contributed by atoms with Crippen molar-refractivity contribution in [3.63, 3.8) is 0 Å². The molecule has 0 amide bonds. The molecular formula is C18H35NNa2O8S. The predicted octanol–water partition coefficient (Wildman–Crippen LogP) is -3.64. The number of carbonyl (C=O) groups excluding carboxylic acids is 3. The Morgan fingerprint density at radius 1 is 0.933 bits per heavy atom. The molecule has 1 unspecified atom stereocenters. The zero-order chi connectivity index (χ0) is 21.4. The van der Waals surface area contributed by atoms with Crippen LogP contribution < -0.4 is 64.8 Å². The van der Waals surface area contributed by atoms with E-state index in [-0.39, 0.29) is 81.5 Å². The number of esters is 3. The van der Waals surface area contributed by atoms with Gasteiger partial charge in [0.25, 0.3) is 10.1 Å². The van der Waals surface area contributed by atoms with Crippen molar-refractivity contribution in [2.24, 2.45) is 5.73 Å². The van der Waals surface area contributed by atoms with Crippen LogP contribution in [0.5, 0.6) is 0 Å². The van der Waals surface area contributed by atoms with E-state index in [4.69, 9.17) is 10.3 Å². The molecule has 0 saturated heterocycles. The number of carbonyl (C=O) groups is 3. The van der Waals surface area contributed by atoms with Gasteiger partial charge in [0, 0.05) is 13.0 Å². The minimum Gasteiger partial charge on any atom is -1.00 e. The van der Waals surface area contributed by atoms with E-state index in [9.17, 15) is 22.8 Å². The van der Waals surface area contributed by atoms with Crippen molar-refractivity contribution in [2.45, 2.75) is 82.8 Å². The molecular weight excluding hydrogens is 436 g/mol. The van der Waals surface area contributed by atoms with Crippen molar-refractivity contribution in [1.29, 1.82) is 0 Å². The third kappa shape index (κ3) is 19.2. The van der Waals surface area contributed by atoms with Gasteiger partial charge >= 0.3 is 77.0 Å². The van der Waals surface area contributed by atoms with Gasteiger partial charge in [-0.1, -0.05) is 58.3 Å². The van der Waals surface area contributed by atoms with Crippen molar-refractivity contribution in [2.75, 3.05) is 13.2 Å². The molecule has 0 rings (SSSR count). The van der Waals surface area contributed by atoms with Crippen molar-refractivity contribution < 1.29 is 98.8 Å². The van der Waals surface area contributed by atoms with E-state index >= 15 is 0 Å². The number of ether oxygens (including phenoxy) is 2. The smallest absolute Gasteiger partial charge is 1.00 e. The molecule has 168 valence electrons. The van der Waals surface area contributed by atoms with E-state index in [2.05, 4.69) is 16.4 Å². The Hall–Kier alpha value is 0.480. The third-order valence-electron chi connectivity index (χ3n) is 4.05. The van der Waals surface area contributed by atoms with E-state index in [1.165, 1.54) is 25.7 Å². The van der Waals surface area contributed by atoms with Gasteiger partial charge in [0.2, 0.25) is 0 Å². The van der Waals surface area contributed by atoms with Crippen LogP contribution in [0.3, 0.4) is 0 Å². The number of rotatable bonds is 16. The van der Waals surface area contributed by atoms with Crippen LogP contribution in [0, 0.1) is 0 Å². The summed E-state index contributed by atoms with van der Waals surface area (Å²) in [7, 11) is -4.93. The molecule has 3 N–H and O–H groups in total. The maximum Gasteiger partial charge on any atom is 1.00 e. The summed E-state index contributed by atoms with van der Waals surface area (Å²) >= 11 is 0. The molecule has 1 atom stereocenters. The average molecular weight is 472 g/mol. The number of nitrogens with two attached hydrogens (primary N) is 1. The van der Waals surface area contributed by atoms with Crippen molar-refractivity contribution in [1.82, 2.24) is 0 Å². The van der Waals surface area contributed by atoms with Crippen LogP contribution in [-0.2, 0) is 34.0 Å². The van der Waals surface area contributed by atoms with E-state index in [1.807, 2.05) is 0 Å². The fourth-order valence-electron chi connectivity index (χ4n) is 2.50. The maximum atomic E-state index is 11.9. The van der Waals surface area contributed by atoms with Gasteiger partial charge in [-0.25, -0.2) is 0 Å². The Bertz CT molecular complexity index is 598. The van der Waals surface area contributed by atoms with Crippen LogP contribution in [-0.4, -0.2) is 49.3 Å². The Balaban J connectivity index is -0.000000607. The standard InChI is InChI=1S/C18H33NO8S.2Na.2H/c1-2-3-4-5-6-7-8-9-10-11-16(20)27-18(22)15(28(23,24)25)14-17(21)26-13-12-19;;;;/h15H,2-14,19H2,1H3,(H,23,24,25);;;;/q;2*+1;2*-1. The van der Waals surface area contributed by atoms with Gasteiger partial charge in [-0.05, 0) is 6.42 Å². The van der Waals surface area contributed by atoms with Crippen LogP contribution in [0.15, 0.2) is 0 Å². The van der Waals surface area contributed by atoms with Crippen LogP contribution in [0.25, 0.3) is 0 Å². The Kier molecular flexibility index (Phi) is 24.9. The minimum absolute atomic E-state index is 0. The summed E-state index contributed by atoms with van der Waals surface area (Å²) in [5, 5.41) is -2.20. The molecule has 12 heteroatoms. The maximum absolute atomic E-state index is 11.9. The normalized spacial score (nSPS) is 11.6. The zero-order valence-electron chi connectivity index (χ0n) is 20.6. The van der Waals surface area contributed by atoms with Gasteiger partial charge in [0.05, 0.1) is 6.42 Å². The monoisotopic (exact) mass is 471 g/mol. The van der Waals surface area contributed by atoms with Crippen LogP contribution in [0.1, 0.15) is 80.4 Å². The molecule has 0 aliphatic carbocycles. The van der Waals surface area contributed by atoms with E-state index < -0.39 is 39.7 Å². The number of unbranched alkanes of at least 4 members (excludes halogenated alkanes) is 8. The summed E-state index contributed by atoms with van der Waals surface area (Å²) in [6.45, 7) is 2.02. The molecule has 0 radical (unpaired) electrons. The molecule has 0 aliphatic heterocycles. The second-order valence-corrected chi connectivity index (χ2v) is 8.19. The molecule has 0 aromatic heterocycles. The Morgan fingerprint density at radius 3 is 1.90 bits per heavy atom. The predicted molar refractivity (Wildman–Crippen MR) is 105 cm³/mol. The first-order valence-corrected chi connectivity index (χ1v) is 11.3. The summed E-state index contributed by atoms with van der Waals surface area (Å²) in [5.41, 5.74) is 5.14. The fourth-order valence-corrected chi connectivity index (χ4v) is 3.14. The van der Waals surface area contributed by atoms with Crippen molar-refractivity contribution in [3.05, 3.63) is 0 Å². The molecule has 0 aromatic rings. The molecule has 0 aromatic carbocycles. The van der Waals surface area contributed by atoms with Gasteiger partial charge in [-0.15, -0.1) is 0 Å². The molecule has 0 saturated carbocycles. The first-order valence-electron chi connectivity index (χ1n) is 9.78. The first kappa shape index (κ1) is 35.1. The molecule has 0 heterocycles. The summed E-state index contributed by atoms with van der Waals surface area (Å²) in [5.74, 6) is -3.43. The Labute approximate surface area is 226 Å². The first-order chi connectivity index (χ1) is 13.2. The van der Waals surface area contributed by atoms with Gasteiger partial charge < -0.3 is 18.1 Å².